The molecule has 4 N–H and O–H groups in total. The minimum atomic E-state index is -4.64. The van der Waals surface area contributed by atoms with E-state index in [0.717, 1.165) is 35.7 Å². The van der Waals surface area contributed by atoms with E-state index in [9.17, 15) is 39.9 Å². The van der Waals surface area contributed by atoms with Crippen molar-refractivity contribution in [3.63, 3.8) is 0 Å². The summed E-state index contributed by atoms with van der Waals surface area (Å²) in [6.45, 7) is 3.22. The first kappa shape index (κ1) is 35.8. The van der Waals surface area contributed by atoms with Gasteiger partial charge in [0.1, 0.15) is 10.6 Å². The van der Waals surface area contributed by atoms with Gasteiger partial charge in [0.25, 0.3) is 20.0 Å². The number of amides is 1. The number of carbonyl (C=O) groups excluding carboxylic acids is 1. The lowest BCUT2D eigenvalue weighted by molar-refractivity contribution is -0.137. The van der Waals surface area contributed by atoms with Crippen LogP contribution in [0.5, 0.6) is 5.75 Å². The summed E-state index contributed by atoms with van der Waals surface area (Å²) in [7, 11) is -8.31. The lowest BCUT2D eigenvalue weighted by Crippen LogP contribution is -2.14. The van der Waals surface area contributed by atoms with Gasteiger partial charge in [-0.15, -0.1) is 0 Å². The van der Waals surface area contributed by atoms with Crippen LogP contribution in [0.15, 0.2) is 113 Å². The van der Waals surface area contributed by atoms with Gasteiger partial charge in [0, 0.05) is 24.1 Å². The fourth-order valence-corrected chi connectivity index (χ4v) is 7.11. The van der Waals surface area contributed by atoms with E-state index >= 15 is 0 Å². The van der Waals surface area contributed by atoms with E-state index in [1.165, 1.54) is 43.3 Å². The number of hydrogen-bond donors (Lipinski definition) is 4. The van der Waals surface area contributed by atoms with E-state index in [-0.39, 0.29) is 44.3 Å². The average Bonchev–Trinajstić information content (AvgIpc) is 3.06. The molecule has 4 aromatic carbocycles. The van der Waals surface area contributed by atoms with Crippen molar-refractivity contribution in [1.29, 1.82) is 0 Å². The van der Waals surface area contributed by atoms with Crippen LogP contribution in [0.25, 0.3) is 11.4 Å². The summed E-state index contributed by atoms with van der Waals surface area (Å²) in [5.41, 5.74) is 1.18. The monoisotopic (exact) mass is 725 g/mol. The van der Waals surface area contributed by atoms with Gasteiger partial charge >= 0.3 is 6.18 Å². The summed E-state index contributed by atoms with van der Waals surface area (Å²) in [4.78, 5) is 19.4. The van der Waals surface area contributed by atoms with E-state index in [0.29, 0.717) is 18.1 Å². The van der Waals surface area contributed by atoms with Crippen LogP contribution in [0.4, 0.5) is 30.2 Å². The van der Waals surface area contributed by atoms with Gasteiger partial charge < -0.3 is 10.4 Å². The fourth-order valence-electron chi connectivity index (χ4n) is 5.12. The standard InChI is InChI=1S/C34H30F3N5O6S2/c1-3-30(22-10-13-28(14-11-22)49(45,46)42-27-12-15-32(44)31(18-27)40-21(2)43)23-6-4-7-24(16-23)33-38-19-29(20-39-33)50(47,48)41-26-9-5-8-25(17-26)34(35,36)37/h4-20,30,41-42,44H,3H2,1-2H3,(H,40,43). The fraction of sp³-hybridized carbons (Fsp3) is 0.147. The molecule has 0 aliphatic rings. The van der Waals surface area contributed by atoms with Crippen molar-refractivity contribution in [3.05, 3.63) is 120 Å². The molecule has 50 heavy (non-hydrogen) atoms. The van der Waals surface area contributed by atoms with Crippen LogP contribution in [0, 0.1) is 0 Å². The number of nitrogens with zero attached hydrogens (tertiary/aromatic N) is 2. The Hall–Kier alpha value is -5.48. The molecule has 0 fully saturated rings. The maximum atomic E-state index is 13.1. The third-order valence-electron chi connectivity index (χ3n) is 7.49. The van der Waals surface area contributed by atoms with Crippen LogP contribution in [-0.2, 0) is 31.0 Å². The second kappa shape index (κ2) is 14.2. The Labute approximate surface area is 286 Å². The molecule has 0 saturated carbocycles. The highest BCUT2D eigenvalue weighted by molar-refractivity contribution is 7.93. The number of aromatic hydroxyl groups is 1. The maximum absolute atomic E-state index is 13.1. The molecule has 5 rings (SSSR count). The molecule has 11 nitrogen and oxygen atoms in total. The van der Waals surface area contributed by atoms with Crippen LogP contribution >= 0.6 is 0 Å². The van der Waals surface area contributed by atoms with Crippen molar-refractivity contribution in [1.82, 2.24) is 9.97 Å². The molecule has 0 spiro atoms. The van der Waals surface area contributed by atoms with Gasteiger partial charge in [0.05, 0.1) is 34.2 Å². The number of phenols is 1. The molecule has 1 aromatic heterocycles. The summed E-state index contributed by atoms with van der Waals surface area (Å²) in [5, 5.41) is 12.4. The molecular weight excluding hydrogens is 696 g/mol. The van der Waals surface area contributed by atoms with Gasteiger partial charge in [0.2, 0.25) is 5.91 Å². The second-order valence-corrected chi connectivity index (χ2v) is 14.5. The largest absolute Gasteiger partial charge is 0.506 e. The van der Waals surface area contributed by atoms with Gasteiger partial charge in [-0.05, 0) is 72.1 Å². The van der Waals surface area contributed by atoms with Crippen LogP contribution in [0.3, 0.4) is 0 Å². The summed E-state index contributed by atoms with van der Waals surface area (Å²) in [6.07, 6.45) is -1.87. The zero-order chi connectivity index (χ0) is 36.3. The highest BCUT2D eigenvalue weighted by Gasteiger charge is 2.31. The molecule has 260 valence electrons. The molecular formula is C34H30F3N5O6S2. The van der Waals surface area contributed by atoms with Gasteiger partial charge in [-0.2, -0.15) is 13.2 Å². The number of benzene rings is 4. The highest BCUT2D eigenvalue weighted by atomic mass is 32.2. The lowest BCUT2D eigenvalue weighted by Gasteiger charge is -2.18. The number of hydrogen-bond acceptors (Lipinski definition) is 8. The van der Waals surface area contributed by atoms with Gasteiger partial charge in [-0.25, -0.2) is 26.8 Å². The number of halogens is 3. The first-order valence-electron chi connectivity index (χ1n) is 14.9. The molecule has 1 unspecified atom stereocenters. The average molecular weight is 726 g/mol. The Morgan fingerprint density at radius 2 is 1.40 bits per heavy atom. The predicted molar refractivity (Wildman–Crippen MR) is 182 cm³/mol. The van der Waals surface area contributed by atoms with Gasteiger partial charge in [0.15, 0.2) is 5.82 Å². The molecule has 1 amide bonds. The molecule has 0 saturated heterocycles. The number of phenolic OH excluding ortho intramolecular Hbond substituents is 1. The summed E-state index contributed by atoms with van der Waals surface area (Å²) in [5.74, 6) is -0.601. The number of nitrogens with one attached hydrogen (secondary N) is 3. The van der Waals surface area contributed by atoms with Gasteiger partial charge in [-0.3, -0.25) is 14.2 Å². The number of carbonyl (C=O) groups is 1. The molecule has 1 heterocycles. The summed E-state index contributed by atoms with van der Waals surface area (Å²) < 4.78 is 95.7. The lowest BCUT2D eigenvalue weighted by atomic mass is 9.88. The number of sulfonamides is 2. The Kier molecular flexibility index (Phi) is 10.1. The smallest absolute Gasteiger partial charge is 0.416 e. The maximum Gasteiger partial charge on any atom is 0.416 e. The Balaban J connectivity index is 1.32. The van der Waals surface area contributed by atoms with Crippen molar-refractivity contribution >= 4 is 43.0 Å². The minimum Gasteiger partial charge on any atom is -0.506 e. The SMILES string of the molecule is CCC(c1ccc(S(=O)(=O)Nc2ccc(O)c(NC(C)=O)c2)cc1)c1cccc(-c2ncc(S(=O)(=O)Nc3cccc(C(F)(F)F)c3)cn2)c1. The van der Waals surface area contributed by atoms with Crippen molar-refractivity contribution in [2.45, 2.75) is 42.2 Å². The predicted octanol–water partition coefficient (Wildman–Crippen LogP) is 6.97. The quantitative estimate of drug-likeness (QED) is 0.0837. The molecule has 0 bridgehead atoms. The molecule has 5 aromatic rings. The first-order chi connectivity index (χ1) is 23.6. The summed E-state index contributed by atoms with van der Waals surface area (Å²) in [6, 6.07) is 21.3. The normalized spacial score (nSPS) is 12.6. The van der Waals surface area contributed by atoms with E-state index < -0.39 is 37.7 Å². The van der Waals surface area contributed by atoms with Crippen molar-refractivity contribution < 1.29 is 39.9 Å². The number of rotatable bonds is 11. The van der Waals surface area contributed by atoms with Crippen LogP contribution in [0.2, 0.25) is 0 Å². The molecule has 0 aliphatic heterocycles. The van der Waals surface area contributed by atoms with E-state index in [4.69, 9.17) is 0 Å². The van der Waals surface area contributed by atoms with Crippen LogP contribution < -0.4 is 14.8 Å². The zero-order valence-electron chi connectivity index (χ0n) is 26.4. The number of alkyl halides is 3. The van der Waals surface area contributed by atoms with Crippen LogP contribution in [0.1, 0.15) is 42.9 Å². The Bertz CT molecular complexity index is 2250. The Morgan fingerprint density at radius 1 is 0.780 bits per heavy atom. The zero-order valence-corrected chi connectivity index (χ0v) is 28.1. The number of aromatic nitrogens is 2. The van der Waals surface area contributed by atoms with Crippen molar-refractivity contribution in [2.24, 2.45) is 0 Å². The third-order valence-corrected chi connectivity index (χ3v) is 10.2. The first-order valence-corrected chi connectivity index (χ1v) is 17.9. The second-order valence-electron chi connectivity index (χ2n) is 11.1. The molecule has 16 heteroatoms. The van der Waals surface area contributed by atoms with E-state index in [2.05, 4.69) is 24.7 Å². The van der Waals surface area contributed by atoms with Crippen molar-refractivity contribution in [3.8, 4) is 17.1 Å². The topological polar surface area (TPSA) is 167 Å². The Morgan fingerprint density at radius 3 is 2.02 bits per heavy atom. The van der Waals surface area contributed by atoms with E-state index in [1.807, 2.05) is 19.1 Å². The third kappa shape index (κ3) is 8.38. The van der Waals surface area contributed by atoms with E-state index in [1.54, 1.807) is 24.3 Å². The molecule has 0 radical (unpaired) electrons. The number of anilines is 3. The van der Waals surface area contributed by atoms with Gasteiger partial charge in [-0.1, -0.05) is 43.3 Å². The molecule has 0 aliphatic carbocycles. The highest BCUT2D eigenvalue weighted by Crippen LogP contribution is 2.33. The van der Waals surface area contributed by atoms with Crippen LogP contribution in [-0.4, -0.2) is 37.8 Å². The van der Waals surface area contributed by atoms with Crippen molar-refractivity contribution in [2.75, 3.05) is 14.8 Å². The summed E-state index contributed by atoms with van der Waals surface area (Å²) >= 11 is 0. The minimum absolute atomic E-state index is 0.00926. The molecule has 1 atom stereocenters.